The van der Waals surface area contributed by atoms with Crippen LogP contribution in [-0.4, -0.2) is 33.8 Å². The average Bonchev–Trinajstić information content (AvgIpc) is 2.83. The molecule has 0 heterocycles. The van der Waals surface area contributed by atoms with E-state index in [1.807, 2.05) is 0 Å². The number of nitrogens with zero attached hydrogens (tertiary/aromatic N) is 2. The molecule has 0 bridgehead atoms. The van der Waals surface area contributed by atoms with Gasteiger partial charge in [-0.1, -0.05) is 36.4 Å². The number of halogens is 1. The van der Waals surface area contributed by atoms with Crippen molar-refractivity contribution in [3.05, 3.63) is 98.6 Å². The molecule has 0 saturated heterocycles. The topological polar surface area (TPSA) is 176 Å². The quantitative estimate of drug-likeness (QED) is 0.252. The maximum absolute atomic E-state index is 12.2. The summed E-state index contributed by atoms with van der Waals surface area (Å²) in [5, 5.41) is 21.3. The van der Waals surface area contributed by atoms with Gasteiger partial charge in [-0.3, -0.25) is 20.2 Å². The Labute approximate surface area is 204 Å². The van der Waals surface area contributed by atoms with E-state index in [4.69, 9.17) is 15.4 Å². The molecular weight excluding hydrogens is 526 g/mol. The number of nitro benzene ring substituents is 2. The summed E-state index contributed by atoms with van der Waals surface area (Å²) in [6, 6.07) is 16.9. The number of benzene rings is 3. The Kier molecular flexibility index (Phi) is 9.25. The Morgan fingerprint density at radius 3 is 1.69 bits per heavy atom. The van der Waals surface area contributed by atoms with Crippen molar-refractivity contribution >= 4 is 41.1 Å². The number of para-hydroxylation sites is 2. The standard InChI is InChI=1S/C14H14N2O5S.C6H4ClNO4S/c1-21-12-8-6-11(7-9-12)10-15-22(19,20)14-5-3-2-4-13(14)16(17)18;7-13(11,12)6-4-2-1-3-5(6)8(9)10/h2-9,15H,10H2,1H3;1-4H. The van der Waals surface area contributed by atoms with E-state index in [1.54, 1.807) is 24.3 Å². The number of sulfonamides is 1. The summed E-state index contributed by atoms with van der Waals surface area (Å²) in [6.07, 6.45) is 0. The molecule has 0 fully saturated rings. The van der Waals surface area contributed by atoms with Crippen LogP contribution in [0.25, 0.3) is 0 Å². The number of ether oxygens (including phenoxy) is 1. The lowest BCUT2D eigenvalue weighted by Crippen LogP contribution is -2.24. The second-order valence-corrected chi connectivity index (χ2v) is 10.8. The third kappa shape index (κ3) is 7.71. The molecule has 0 aromatic heterocycles. The van der Waals surface area contributed by atoms with Crippen LogP contribution in [0.2, 0.25) is 0 Å². The number of methoxy groups -OCH3 is 1. The highest BCUT2D eigenvalue weighted by atomic mass is 35.7. The fourth-order valence-electron chi connectivity index (χ4n) is 2.65. The van der Waals surface area contributed by atoms with Crippen molar-refractivity contribution < 1.29 is 31.4 Å². The van der Waals surface area contributed by atoms with Gasteiger partial charge in [0, 0.05) is 29.4 Å². The van der Waals surface area contributed by atoms with Gasteiger partial charge in [-0.15, -0.1) is 0 Å². The lowest BCUT2D eigenvalue weighted by atomic mass is 10.2. The van der Waals surface area contributed by atoms with Gasteiger partial charge in [0.15, 0.2) is 9.79 Å². The molecule has 3 aromatic rings. The van der Waals surface area contributed by atoms with Gasteiger partial charge in [0.1, 0.15) is 5.75 Å². The highest BCUT2D eigenvalue weighted by Gasteiger charge is 2.25. The molecule has 3 rings (SSSR count). The number of hydrogen-bond donors (Lipinski definition) is 1. The fourth-order valence-corrected chi connectivity index (χ4v) is 4.86. The number of hydrogen-bond acceptors (Lipinski definition) is 9. The molecule has 0 unspecified atom stereocenters. The molecular formula is C20H18ClN3O9S2. The van der Waals surface area contributed by atoms with Gasteiger partial charge in [-0.2, -0.15) is 0 Å². The Balaban J connectivity index is 0.000000283. The summed E-state index contributed by atoms with van der Waals surface area (Å²) in [5.74, 6) is 0.658. The SMILES string of the molecule is COc1ccc(CNS(=O)(=O)c2ccccc2[N+](=O)[O-])cc1.O=[N+]([O-])c1ccccc1S(=O)(=O)Cl. The molecule has 12 nitrogen and oxygen atoms in total. The molecule has 15 heteroatoms. The normalized spacial score (nSPS) is 11.1. The van der Waals surface area contributed by atoms with Crippen LogP contribution in [0.1, 0.15) is 5.56 Å². The minimum atomic E-state index is -4.05. The Bertz CT molecular complexity index is 1430. The molecule has 0 aliphatic heterocycles. The molecule has 3 aromatic carbocycles. The van der Waals surface area contributed by atoms with Crippen molar-refractivity contribution in [2.75, 3.05) is 7.11 Å². The van der Waals surface area contributed by atoms with Gasteiger partial charge in [0.2, 0.25) is 10.0 Å². The van der Waals surface area contributed by atoms with Crippen LogP contribution in [0.5, 0.6) is 5.75 Å². The minimum Gasteiger partial charge on any atom is -0.497 e. The van der Waals surface area contributed by atoms with Crippen LogP contribution in [-0.2, 0) is 25.6 Å². The van der Waals surface area contributed by atoms with Crippen LogP contribution in [0, 0.1) is 20.2 Å². The molecule has 0 aliphatic carbocycles. The van der Waals surface area contributed by atoms with Crippen molar-refractivity contribution in [1.82, 2.24) is 4.72 Å². The Hall–Kier alpha value is -3.59. The zero-order valence-corrected chi connectivity index (χ0v) is 20.3. The van der Waals surface area contributed by atoms with Crippen LogP contribution in [0.4, 0.5) is 11.4 Å². The second-order valence-electron chi connectivity index (χ2n) is 6.56. The predicted octanol–water partition coefficient (Wildman–Crippen LogP) is 3.60. The maximum atomic E-state index is 12.2. The van der Waals surface area contributed by atoms with Gasteiger partial charge >= 0.3 is 0 Å². The number of nitrogens with one attached hydrogen (secondary N) is 1. The first-order valence-electron chi connectivity index (χ1n) is 9.41. The van der Waals surface area contributed by atoms with Gasteiger partial charge < -0.3 is 4.74 Å². The molecule has 0 saturated carbocycles. The predicted molar refractivity (Wildman–Crippen MR) is 126 cm³/mol. The lowest BCUT2D eigenvalue weighted by Gasteiger charge is -2.08. The highest BCUT2D eigenvalue weighted by Crippen LogP contribution is 2.26. The molecule has 1 N–H and O–H groups in total. The molecule has 0 spiro atoms. The van der Waals surface area contributed by atoms with Crippen molar-refractivity contribution in [2.45, 2.75) is 16.3 Å². The van der Waals surface area contributed by atoms with Crippen molar-refractivity contribution in [2.24, 2.45) is 0 Å². The van der Waals surface area contributed by atoms with Crippen LogP contribution >= 0.6 is 10.7 Å². The molecule has 0 aliphatic rings. The number of rotatable bonds is 8. The lowest BCUT2D eigenvalue weighted by molar-refractivity contribution is -0.388. The van der Waals surface area contributed by atoms with Crippen LogP contribution in [0.15, 0.2) is 82.6 Å². The van der Waals surface area contributed by atoms with Crippen molar-refractivity contribution in [3.8, 4) is 5.75 Å². The first kappa shape index (κ1) is 27.7. The Morgan fingerprint density at radius 2 is 1.26 bits per heavy atom. The molecule has 0 atom stereocenters. The number of nitro groups is 2. The summed E-state index contributed by atoms with van der Waals surface area (Å²) in [5.41, 5.74) is -0.259. The summed E-state index contributed by atoms with van der Waals surface area (Å²) in [7, 11) is -1.51. The van der Waals surface area contributed by atoms with Crippen molar-refractivity contribution in [1.29, 1.82) is 0 Å². The fraction of sp³-hybridized carbons (Fsp3) is 0.100. The largest absolute Gasteiger partial charge is 0.497 e. The summed E-state index contributed by atoms with van der Waals surface area (Å²) < 4.78 is 53.4. The summed E-state index contributed by atoms with van der Waals surface area (Å²) >= 11 is 0. The van der Waals surface area contributed by atoms with E-state index in [2.05, 4.69) is 4.72 Å². The van der Waals surface area contributed by atoms with E-state index in [0.29, 0.717) is 11.3 Å². The molecule has 186 valence electrons. The van der Waals surface area contributed by atoms with E-state index < -0.39 is 45.2 Å². The third-order valence-electron chi connectivity index (χ3n) is 4.30. The molecule has 35 heavy (non-hydrogen) atoms. The minimum absolute atomic E-state index is 0.0262. The van der Waals surface area contributed by atoms with Gasteiger partial charge in [-0.05, 0) is 29.8 Å². The molecule has 0 radical (unpaired) electrons. The van der Waals surface area contributed by atoms with E-state index in [1.165, 1.54) is 37.4 Å². The van der Waals surface area contributed by atoms with Gasteiger partial charge in [0.05, 0.1) is 17.0 Å². The van der Waals surface area contributed by atoms with E-state index in [9.17, 15) is 37.1 Å². The zero-order chi connectivity index (χ0) is 26.2. The maximum Gasteiger partial charge on any atom is 0.289 e. The van der Waals surface area contributed by atoms with Crippen LogP contribution < -0.4 is 9.46 Å². The summed E-state index contributed by atoms with van der Waals surface area (Å²) in [6.45, 7) is 0.0262. The molecule has 0 amide bonds. The first-order chi connectivity index (χ1) is 16.4. The van der Waals surface area contributed by atoms with E-state index in [-0.39, 0.29) is 11.4 Å². The van der Waals surface area contributed by atoms with Crippen molar-refractivity contribution in [3.63, 3.8) is 0 Å². The zero-order valence-electron chi connectivity index (χ0n) is 17.9. The first-order valence-corrected chi connectivity index (χ1v) is 13.2. The average molecular weight is 544 g/mol. The second kappa shape index (κ2) is 11.7. The monoisotopic (exact) mass is 543 g/mol. The highest BCUT2D eigenvalue weighted by molar-refractivity contribution is 8.13. The van der Waals surface area contributed by atoms with E-state index >= 15 is 0 Å². The van der Waals surface area contributed by atoms with Gasteiger partial charge in [-0.25, -0.2) is 21.6 Å². The van der Waals surface area contributed by atoms with Gasteiger partial charge in [0.25, 0.3) is 20.4 Å². The van der Waals surface area contributed by atoms with E-state index in [0.717, 1.165) is 18.2 Å². The summed E-state index contributed by atoms with van der Waals surface area (Å²) in [4.78, 5) is 18.9. The third-order valence-corrected chi connectivity index (χ3v) is 7.12. The smallest absolute Gasteiger partial charge is 0.289 e. The Morgan fingerprint density at radius 1 is 0.800 bits per heavy atom. The van der Waals surface area contributed by atoms with Crippen LogP contribution in [0.3, 0.4) is 0 Å².